The second-order valence-corrected chi connectivity index (χ2v) is 5.85. The van der Waals surface area contributed by atoms with Gasteiger partial charge in [-0.05, 0) is 6.92 Å². The fraction of sp³-hybridized carbons (Fsp3) is 1.00. The first-order chi connectivity index (χ1) is 10.9. The van der Waals surface area contributed by atoms with Gasteiger partial charge in [-0.1, -0.05) is 0 Å². The zero-order valence-electron chi connectivity index (χ0n) is 13.6. The van der Waals surface area contributed by atoms with Gasteiger partial charge in [0.2, 0.25) is 0 Å². The van der Waals surface area contributed by atoms with Crippen molar-refractivity contribution >= 4 is 7.82 Å². The third-order valence-corrected chi connectivity index (χ3v) is 3.35. The van der Waals surface area contributed by atoms with Gasteiger partial charge >= 0.3 is 73.2 Å². The minimum Gasteiger partial charge on any atom is -1.00 e. The van der Waals surface area contributed by atoms with E-state index < -0.39 is 56.6 Å². The first-order valence-electron chi connectivity index (χ1n) is 5.57. The Morgan fingerprint density at radius 1 is 0.741 bits per heavy atom. The van der Waals surface area contributed by atoms with E-state index in [1.54, 1.807) is 0 Å². The molecule has 0 aliphatic carbocycles. The molecule has 0 bridgehead atoms. The molecule has 2 N–H and O–H groups in total. The summed E-state index contributed by atoms with van der Waals surface area (Å²) in [6.07, 6.45) is -11.6. The number of phosphoric ester groups is 1. The van der Waals surface area contributed by atoms with Crippen LogP contribution >= 0.6 is 7.82 Å². The zero-order chi connectivity index (χ0) is 21.8. The van der Waals surface area contributed by atoms with Crippen LogP contribution in [0, 0.1) is 0 Å². The standard InChI is InChI=1S/C8H6F13O4P.Na.H/c1-2(25-26(22,23)24)3(9,10)4(11,12)5(13,14)6(15,16)7(17,18)8(19,20)21;;/h2H,1H3,(H2,22,23,24);;/q;+1;-1. The van der Waals surface area contributed by atoms with Crippen LogP contribution < -0.4 is 29.6 Å². The summed E-state index contributed by atoms with van der Waals surface area (Å²) in [5.41, 5.74) is 0. The van der Waals surface area contributed by atoms with Crippen LogP contribution in [-0.2, 0) is 9.09 Å². The molecule has 0 aliphatic rings. The molecule has 0 aliphatic heterocycles. The summed E-state index contributed by atoms with van der Waals surface area (Å²) >= 11 is 0. The molecule has 0 radical (unpaired) electrons. The predicted molar refractivity (Wildman–Crippen MR) is 54.5 cm³/mol. The minimum atomic E-state index is -8.09. The largest absolute Gasteiger partial charge is 1.00 e. The van der Waals surface area contributed by atoms with Crippen molar-refractivity contribution in [3.05, 3.63) is 0 Å². The Morgan fingerprint density at radius 3 is 1.30 bits per heavy atom. The molecule has 0 heterocycles. The van der Waals surface area contributed by atoms with Crippen molar-refractivity contribution in [2.75, 3.05) is 0 Å². The van der Waals surface area contributed by atoms with Crippen LogP contribution in [0.25, 0.3) is 0 Å². The quantitative estimate of drug-likeness (QED) is 0.337. The van der Waals surface area contributed by atoms with E-state index in [4.69, 9.17) is 9.79 Å². The predicted octanol–water partition coefficient (Wildman–Crippen LogP) is 1.34. The summed E-state index contributed by atoms with van der Waals surface area (Å²) in [4.78, 5) is 16.2. The second kappa shape index (κ2) is 7.80. The molecule has 0 spiro atoms. The van der Waals surface area contributed by atoms with Gasteiger partial charge in [0, 0.05) is 0 Å². The van der Waals surface area contributed by atoms with E-state index in [1.807, 2.05) is 0 Å². The van der Waals surface area contributed by atoms with Gasteiger partial charge in [0.05, 0.1) is 0 Å². The van der Waals surface area contributed by atoms with Crippen LogP contribution in [0.4, 0.5) is 57.1 Å². The van der Waals surface area contributed by atoms with E-state index in [0.717, 1.165) is 0 Å². The van der Waals surface area contributed by atoms with Gasteiger partial charge in [0.1, 0.15) is 6.10 Å². The SMILES string of the molecule is CC(OP(=O)(O)O)C(F)(F)C(F)(F)C(F)(F)C(F)(F)C(F)(F)C(F)(F)F.[H-].[Na+]. The number of hydrogen-bond donors (Lipinski definition) is 2. The van der Waals surface area contributed by atoms with Gasteiger partial charge in [-0.15, -0.1) is 0 Å². The molecule has 0 aromatic carbocycles. The minimum absolute atomic E-state index is 0. The molecule has 4 nitrogen and oxygen atoms in total. The molecule has 1 unspecified atom stereocenters. The van der Waals surface area contributed by atoms with Crippen molar-refractivity contribution in [2.45, 2.75) is 48.8 Å². The average molecular weight is 468 g/mol. The molecule has 1 atom stereocenters. The van der Waals surface area contributed by atoms with Gasteiger partial charge in [-0.25, -0.2) is 4.57 Å². The first-order valence-corrected chi connectivity index (χ1v) is 7.10. The summed E-state index contributed by atoms with van der Waals surface area (Å²) in [5, 5.41) is 0. The fourth-order valence-corrected chi connectivity index (χ4v) is 1.85. The topological polar surface area (TPSA) is 66.8 Å². The van der Waals surface area contributed by atoms with Gasteiger partial charge in [0.15, 0.2) is 0 Å². The molecule has 0 saturated carbocycles. The number of hydrogen-bond acceptors (Lipinski definition) is 2. The third kappa shape index (κ3) is 4.86. The number of halogens is 13. The summed E-state index contributed by atoms with van der Waals surface area (Å²) in [7, 11) is -6.11. The van der Waals surface area contributed by atoms with Crippen LogP contribution in [0.2, 0.25) is 0 Å². The fourth-order valence-electron chi connectivity index (χ4n) is 1.31. The van der Waals surface area contributed by atoms with E-state index in [-0.39, 0.29) is 31.0 Å². The van der Waals surface area contributed by atoms with Crippen molar-refractivity contribution in [3.63, 3.8) is 0 Å². The average Bonchev–Trinajstić information content (AvgIpc) is 2.34. The van der Waals surface area contributed by atoms with E-state index >= 15 is 0 Å². The van der Waals surface area contributed by atoms with Gasteiger partial charge in [0.25, 0.3) is 0 Å². The monoisotopic (exact) mass is 468 g/mol. The number of alkyl halides is 13. The van der Waals surface area contributed by atoms with Crippen LogP contribution in [0.3, 0.4) is 0 Å². The molecule has 0 rings (SSSR count). The van der Waals surface area contributed by atoms with Gasteiger partial charge < -0.3 is 11.2 Å². The molecule has 0 fully saturated rings. The van der Waals surface area contributed by atoms with Crippen LogP contribution in [0.15, 0.2) is 0 Å². The maximum Gasteiger partial charge on any atom is 1.00 e. The van der Waals surface area contributed by atoms with Crippen molar-refractivity contribution in [1.29, 1.82) is 0 Å². The number of rotatable bonds is 7. The Hall–Kier alpha value is 0.200. The summed E-state index contributed by atoms with van der Waals surface area (Å²) < 4.78 is 178. The van der Waals surface area contributed by atoms with Crippen molar-refractivity contribution in [3.8, 4) is 0 Å². The molecule has 0 saturated heterocycles. The van der Waals surface area contributed by atoms with Crippen LogP contribution in [0.5, 0.6) is 0 Å². The molecular weight excluding hydrogens is 461 g/mol. The Morgan fingerprint density at radius 2 is 1.04 bits per heavy atom. The third-order valence-electron chi connectivity index (χ3n) is 2.76. The molecule has 19 heteroatoms. The van der Waals surface area contributed by atoms with Crippen LogP contribution in [0.1, 0.15) is 8.35 Å². The molecule has 160 valence electrons. The first kappa shape index (κ1) is 29.4. The van der Waals surface area contributed by atoms with Gasteiger partial charge in [-0.2, -0.15) is 57.1 Å². The maximum absolute atomic E-state index is 13.3. The Kier molecular flexibility index (Phi) is 8.49. The molecular formula is C8H7F13NaO4P. The van der Waals surface area contributed by atoms with Crippen LogP contribution in [-0.4, -0.2) is 51.7 Å². The maximum atomic E-state index is 13.3. The normalized spacial score (nSPS) is 16.7. The summed E-state index contributed by atoms with van der Waals surface area (Å²) in [6.45, 7) is -0.455. The van der Waals surface area contributed by atoms with E-state index in [2.05, 4.69) is 4.52 Å². The molecule has 0 aromatic heterocycles. The Labute approximate surface area is 164 Å². The van der Waals surface area contributed by atoms with E-state index in [1.165, 1.54) is 0 Å². The van der Waals surface area contributed by atoms with Gasteiger partial charge in [-0.3, -0.25) is 4.52 Å². The van der Waals surface area contributed by atoms with Crippen molar-refractivity contribution in [2.24, 2.45) is 0 Å². The summed E-state index contributed by atoms with van der Waals surface area (Å²) in [6, 6.07) is 0. The summed E-state index contributed by atoms with van der Waals surface area (Å²) in [5.74, 6) is -38.4. The van der Waals surface area contributed by atoms with Crippen molar-refractivity contribution < 1.29 is 107 Å². The molecule has 0 aromatic rings. The molecule has 27 heavy (non-hydrogen) atoms. The van der Waals surface area contributed by atoms with Crippen molar-refractivity contribution in [1.82, 2.24) is 0 Å². The Bertz CT molecular complexity index is 577. The smallest absolute Gasteiger partial charge is 1.00 e. The van der Waals surface area contributed by atoms with E-state index in [9.17, 15) is 61.6 Å². The Balaban J connectivity index is -0.00000312. The number of phosphoric acid groups is 1. The second-order valence-electron chi connectivity index (χ2n) is 4.66. The zero-order valence-corrected chi connectivity index (χ0v) is 15.5. The molecule has 0 amide bonds. The van der Waals surface area contributed by atoms with E-state index in [0.29, 0.717) is 0 Å².